The molecule has 0 spiro atoms. The van der Waals surface area contributed by atoms with Crippen LogP contribution in [-0.4, -0.2) is 20.4 Å². The SMILES string of the molecule is O=C(O)C1(c2ccc(Oc3ccccc3)nc2)CC1(Cl)Cl. The number of alkyl halides is 2. The Morgan fingerprint density at radius 1 is 1.19 bits per heavy atom. The molecule has 1 aromatic carbocycles. The van der Waals surface area contributed by atoms with E-state index in [1.54, 1.807) is 24.3 Å². The summed E-state index contributed by atoms with van der Waals surface area (Å²) in [5.41, 5.74) is -0.811. The molecule has 3 rings (SSSR count). The molecule has 6 heteroatoms. The van der Waals surface area contributed by atoms with Crippen LogP contribution in [0.1, 0.15) is 12.0 Å². The minimum atomic E-state index is -1.29. The molecule has 0 amide bonds. The zero-order valence-corrected chi connectivity index (χ0v) is 12.3. The molecule has 1 saturated carbocycles. The minimum Gasteiger partial charge on any atom is -0.480 e. The van der Waals surface area contributed by atoms with Gasteiger partial charge in [0.05, 0.1) is 0 Å². The molecule has 1 aliphatic carbocycles. The summed E-state index contributed by atoms with van der Waals surface area (Å²) in [6.07, 6.45) is 1.61. The average molecular weight is 324 g/mol. The number of pyridine rings is 1. The molecule has 1 unspecified atom stereocenters. The van der Waals surface area contributed by atoms with Crippen LogP contribution >= 0.6 is 23.2 Å². The monoisotopic (exact) mass is 323 g/mol. The lowest BCUT2D eigenvalue weighted by Crippen LogP contribution is -2.26. The quantitative estimate of drug-likeness (QED) is 0.870. The van der Waals surface area contributed by atoms with Gasteiger partial charge in [-0.1, -0.05) is 47.5 Å². The lowest BCUT2D eigenvalue weighted by Gasteiger charge is -2.13. The second kappa shape index (κ2) is 4.90. The lowest BCUT2D eigenvalue weighted by atomic mass is 9.98. The van der Waals surface area contributed by atoms with E-state index in [2.05, 4.69) is 4.98 Å². The predicted octanol–water partition coefficient (Wildman–Crippen LogP) is 3.77. The number of aliphatic carboxylic acids is 1. The van der Waals surface area contributed by atoms with Gasteiger partial charge in [-0.2, -0.15) is 0 Å². The molecule has 0 radical (unpaired) electrons. The van der Waals surface area contributed by atoms with Gasteiger partial charge in [0.25, 0.3) is 0 Å². The van der Waals surface area contributed by atoms with Crippen LogP contribution in [0, 0.1) is 0 Å². The van der Waals surface area contributed by atoms with Crippen molar-refractivity contribution in [2.75, 3.05) is 0 Å². The van der Waals surface area contributed by atoms with Crippen LogP contribution in [0.25, 0.3) is 0 Å². The maximum atomic E-state index is 11.4. The van der Waals surface area contributed by atoms with Crippen LogP contribution in [-0.2, 0) is 10.2 Å². The third kappa shape index (κ3) is 2.34. The molecule has 1 atom stereocenters. The van der Waals surface area contributed by atoms with Crippen molar-refractivity contribution in [1.29, 1.82) is 0 Å². The van der Waals surface area contributed by atoms with Crippen molar-refractivity contribution in [3.63, 3.8) is 0 Å². The van der Waals surface area contributed by atoms with E-state index in [0.717, 1.165) is 0 Å². The summed E-state index contributed by atoms with van der Waals surface area (Å²) in [6, 6.07) is 12.4. The van der Waals surface area contributed by atoms with Gasteiger partial charge in [-0.3, -0.25) is 4.79 Å². The summed E-state index contributed by atoms with van der Waals surface area (Å²) in [5.74, 6) is -0.0203. The number of carboxylic acid groups (broad SMARTS) is 1. The van der Waals surface area contributed by atoms with Gasteiger partial charge in [-0.25, -0.2) is 4.98 Å². The van der Waals surface area contributed by atoms with Crippen LogP contribution in [0.15, 0.2) is 48.7 Å². The third-order valence-electron chi connectivity index (χ3n) is 3.55. The normalized spacial score (nSPS) is 22.6. The highest BCUT2D eigenvalue weighted by Gasteiger charge is 2.73. The van der Waals surface area contributed by atoms with Gasteiger partial charge in [0.15, 0.2) is 0 Å². The zero-order valence-electron chi connectivity index (χ0n) is 10.8. The fraction of sp³-hybridized carbons (Fsp3) is 0.200. The van der Waals surface area contributed by atoms with E-state index in [-0.39, 0.29) is 6.42 Å². The van der Waals surface area contributed by atoms with Crippen molar-refractivity contribution in [3.8, 4) is 11.6 Å². The molecule has 108 valence electrons. The van der Waals surface area contributed by atoms with Gasteiger partial charge < -0.3 is 9.84 Å². The standard InChI is InChI=1S/C15H11Cl2NO3/c16-15(17)9-14(15,13(19)20)10-6-7-12(18-8-10)21-11-4-2-1-3-5-11/h1-8H,9H2,(H,19,20). The largest absolute Gasteiger partial charge is 0.480 e. The molecule has 0 bridgehead atoms. The first-order valence-electron chi connectivity index (χ1n) is 6.26. The Balaban J connectivity index is 1.84. The summed E-state index contributed by atoms with van der Waals surface area (Å²) < 4.78 is 4.26. The summed E-state index contributed by atoms with van der Waals surface area (Å²) in [5, 5.41) is 9.37. The summed E-state index contributed by atoms with van der Waals surface area (Å²) in [4.78, 5) is 15.6. The number of halogens is 2. The van der Waals surface area contributed by atoms with E-state index < -0.39 is 15.7 Å². The van der Waals surface area contributed by atoms with Crippen LogP contribution in [0.3, 0.4) is 0 Å². The molecule has 1 N–H and O–H groups in total. The highest BCUT2D eigenvalue weighted by atomic mass is 35.5. The number of carboxylic acids is 1. The van der Waals surface area contributed by atoms with Gasteiger partial charge in [-0.05, 0) is 17.7 Å². The van der Waals surface area contributed by atoms with Crippen LogP contribution in [0.4, 0.5) is 0 Å². The van der Waals surface area contributed by atoms with Gasteiger partial charge in [0, 0.05) is 18.7 Å². The summed E-state index contributed by atoms with van der Waals surface area (Å²) in [6.45, 7) is 0. The second-order valence-corrected chi connectivity index (χ2v) is 6.38. The molecule has 1 aliphatic rings. The van der Waals surface area contributed by atoms with Crippen LogP contribution in [0.2, 0.25) is 0 Å². The number of hydrogen-bond acceptors (Lipinski definition) is 3. The van der Waals surface area contributed by atoms with E-state index in [1.165, 1.54) is 6.20 Å². The van der Waals surface area contributed by atoms with E-state index in [1.807, 2.05) is 18.2 Å². The Bertz CT molecular complexity index is 673. The second-order valence-electron chi connectivity index (χ2n) is 4.89. The molecule has 1 heterocycles. The number of aromatic nitrogens is 1. The molecular weight excluding hydrogens is 313 g/mol. The Morgan fingerprint density at radius 3 is 2.33 bits per heavy atom. The molecule has 21 heavy (non-hydrogen) atoms. The highest BCUT2D eigenvalue weighted by Crippen LogP contribution is 2.64. The third-order valence-corrected chi connectivity index (χ3v) is 4.46. The number of rotatable bonds is 4. The lowest BCUT2D eigenvalue weighted by molar-refractivity contribution is -0.140. The molecule has 0 aliphatic heterocycles. The van der Waals surface area contributed by atoms with E-state index in [0.29, 0.717) is 17.2 Å². The van der Waals surface area contributed by atoms with E-state index in [9.17, 15) is 9.90 Å². The number of hydrogen-bond donors (Lipinski definition) is 1. The van der Waals surface area contributed by atoms with Gasteiger partial charge in [-0.15, -0.1) is 0 Å². The molecule has 2 aromatic rings. The highest BCUT2D eigenvalue weighted by molar-refractivity contribution is 6.54. The van der Waals surface area contributed by atoms with Crippen molar-refractivity contribution in [3.05, 3.63) is 54.2 Å². The molecule has 0 saturated heterocycles. The summed E-state index contributed by atoms with van der Waals surface area (Å²) >= 11 is 12.0. The van der Waals surface area contributed by atoms with Crippen molar-refractivity contribution < 1.29 is 14.6 Å². The smallest absolute Gasteiger partial charge is 0.317 e. The number of benzene rings is 1. The molecule has 1 fully saturated rings. The first-order valence-corrected chi connectivity index (χ1v) is 7.02. The Hall–Kier alpha value is -1.78. The first kappa shape index (κ1) is 14.2. The van der Waals surface area contributed by atoms with Crippen molar-refractivity contribution in [2.45, 2.75) is 16.2 Å². The Morgan fingerprint density at radius 2 is 1.86 bits per heavy atom. The van der Waals surface area contributed by atoms with Crippen molar-refractivity contribution in [2.24, 2.45) is 0 Å². The number of nitrogens with zero attached hydrogens (tertiary/aromatic N) is 1. The Kier molecular flexibility index (Phi) is 3.30. The van der Waals surface area contributed by atoms with Crippen molar-refractivity contribution in [1.82, 2.24) is 4.98 Å². The predicted molar refractivity (Wildman–Crippen MR) is 79.1 cm³/mol. The van der Waals surface area contributed by atoms with Crippen molar-refractivity contribution >= 4 is 29.2 Å². The van der Waals surface area contributed by atoms with E-state index >= 15 is 0 Å². The maximum absolute atomic E-state index is 11.4. The maximum Gasteiger partial charge on any atom is 0.317 e. The van der Waals surface area contributed by atoms with Crippen LogP contribution in [0.5, 0.6) is 11.6 Å². The van der Waals surface area contributed by atoms with Gasteiger partial charge >= 0.3 is 5.97 Å². The first-order chi connectivity index (χ1) is 9.96. The molecule has 4 nitrogen and oxygen atoms in total. The number of carbonyl (C=O) groups is 1. The Labute approximate surface area is 131 Å². The number of para-hydroxylation sites is 1. The van der Waals surface area contributed by atoms with E-state index in [4.69, 9.17) is 27.9 Å². The fourth-order valence-corrected chi connectivity index (χ4v) is 3.04. The van der Waals surface area contributed by atoms with Gasteiger partial charge in [0.1, 0.15) is 15.5 Å². The fourth-order valence-electron chi connectivity index (χ4n) is 2.26. The number of ether oxygens (including phenoxy) is 1. The molecular formula is C15H11Cl2NO3. The molecule has 1 aromatic heterocycles. The van der Waals surface area contributed by atoms with Gasteiger partial charge in [0.2, 0.25) is 5.88 Å². The zero-order chi connectivity index (χ0) is 15.1. The van der Waals surface area contributed by atoms with Crippen LogP contribution < -0.4 is 4.74 Å². The summed E-state index contributed by atoms with van der Waals surface area (Å²) in [7, 11) is 0. The topological polar surface area (TPSA) is 59.4 Å². The average Bonchev–Trinajstić information content (AvgIpc) is 3.05. The minimum absolute atomic E-state index is 0.166.